The van der Waals surface area contributed by atoms with Crippen LogP contribution < -0.4 is 11.3 Å². The summed E-state index contributed by atoms with van der Waals surface area (Å²) in [6.07, 6.45) is 4.52. The van der Waals surface area contributed by atoms with Gasteiger partial charge in [-0.2, -0.15) is 0 Å². The quantitative estimate of drug-likeness (QED) is 0.646. The van der Waals surface area contributed by atoms with E-state index in [0.29, 0.717) is 11.3 Å². The highest BCUT2D eigenvalue weighted by Crippen LogP contribution is 2.45. The first-order valence-corrected chi connectivity index (χ1v) is 7.60. The number of rotatable bonds is 4. The normalized spacial score (nSPS) is 23.5. The van der Waals surface area contributed by atoms with Gasteiger partial charge in [-0.25, -0.2) is 0 Å². The molecule has 0 aliphatic heterocycles. The number of hydrogen-bond donors (Lipinski definition) is 2. The Hall–Kier alpha value is -0.280. The molecule has 4 heteroatoms. The molecule has 1 aromatic carbocycles. The van der Waals surface area contributed by atoms with E-state index in [2.05, 4.69) is 19.3 Å². The molecule has 1 fully saturated rings. The fourth-order valence-electron chi connectivity index (χ4n) is 3.36. The zero-order valence-electron chi connectivity index (χ0n) is 11.5. The van der Waals surface area contributed by atoms with E-state index < -0.39 is 0 Å². The summed E-state index contributed by atoms with van der Waals surface area (Å²) < 4.78 is 0. The van der Waals surface area contributed by atoms with E-state index in [-0.39, 0.29) is 6.04 Å². The molecular weight excluding hydrogens is 279 g/mol. The van der Waals surface area contributed by atoms with E-state index in [1.807, 2.05) is 18.2 Å². The van der Waals surface area contributed by atoms with E-state index in [1.165, 1.54) is 19.3 Å². The molecular formula is C15H22Cl2N2. The molecule has 1 aliphatic carbocycles. The van der Waals surface area contributed by atoms with Crippen LogP contribution in [0.4, 0.5) is 0 Å². The van der Waals surface area contributed by atoms with Gasteiger partial charge in [-0.1, -0.05) is 49.5 Å². The minimum atomic E-state index is 0.217. The van der Waals surface area contributed by atoms with Crippen LogP contribution in [0, 0.1) is 11.3 Å². The number of nitrogens with one attached hydrogen (secondary N) is 1. The van der Waals surface area contributed by atoms with Gasteiger partial charge < -0.3 is 0 Å². The van der Waals surface area contributed by atoms with Crippen LogP contribution in [0.3, 0.4) is 0 Å². The first kappa shape index (κ1) is 15.1. The highest BCUT2D eigenvalue weighted by Gasteiger charge is 2.39. The fourth-order valence-corrected chi connectivity index (χ4v) is 3.92. The molecule has 19 heavy (non-hydrogen) atoms. The smallest absolute Gasteiger partial charge is 0.0453 e. The zero-order chi connectivity index (χ0) is 14.0. The summed E-state index contributed by atoms with van der Waals surface area (Å²) in [7, 11) is 0. The van der Waals surface area contributed by atoms with Gasteiger partial charge in [0.2, 0.25) is 0 Å². The Morgan fingerprint density at radius 1 is 1.37 bits per heavy atom. The first-order valence-electron chi connectivity index (χ1n) is 6.84. The van der Waals surface area contributed by atoms with Gasteiger partial charge in [-0.05, 0) is 48.3 Å². The highest BCUT2D eigenvalue weighted by atomic mass is 35.5. The van der Waals surface area contributed by atoms with Gasteiger partial charge >= 0.3 is 0 Å². The van der Waals surface area contributed by atoms with Crippen LogP contribution in [0.1, 0.15) is 38.7 Å². The summed E-state index contributed by atoms with van der Waals surface area (Å²) in [6.45, 7) is 4.65. The predicted molar refractivity (Wildman–Crippen MR) is 82.4 cm³/mol. The molecule has 0 spiro atoms. The number of nitrogens with two attached hydrogens (primary N) is 1. The minimum absolute atomic E-state index is 0.217. The van der Waals surface area contributed by atoms with E-state index in [0.717, 1.165) is 22.0 Å². The lowest BCUT2D eigenvalue weighted by atomic mass is 9.76. The van der Waals surface area contributed by atoms with E-state index in [4.69, 9.17) is 29.0 Å². The molecule has 0 radical (unpaired) electrons. The van der Waals surface area contributed by atoms with Crippen molar-refractivity contribution in [2.75, 3.05) is 0 Å². The molecule has 0 heterocycles. The second-order valence-electron chi connectivity index (χ2n) is 6.16. The number of halogens is 2. The van der Waals surface area contributed by atoms with Gasteiger partial charge in [-0.3, -0.25) is 11.3 Å². The molecule has 0 aromatic heterocycles. The Morgan fingerprint density at radius 3 is 2.47 bits per heavy atom. The summed E-state index contributed by atoms with van der Waals surface area (Å²) in [5.74, 6) is 6.35. The van der Waals surface area contributed by atoms with Crippen LogP contribution in [0.2, 0.25) is 10.0 Å². The summed E-state index contributed by atoms with van der Waals surface area (Å²) in [5, 5.41) is 1.45. The zero-order valence-corrected chi connectivity index (χ0v) is 13.1. The number of hydrogen-bond acceptors (Lipinski definition) is 2. The molecule has 1 aliphatic rings. The minimum Gasteiger partial charge on any atom is -0.271 e. The van der Waals surface area contributed by atoms with Crippen molar-refractivity contribution in [3.63, 3.8) is 0 Å². The molecule has 0 bridgehead atoms. The van der Waals surface area contributed by atoms with Crippen LogP contribution in [0.25, 0.3) is 0 Å². The van der Waals surface area contributed by atoms with Gasteiger partial charge in [0.1, 0.15) is 0 Å². The predicted octanol–water partition coefficient (Wildman–Crippen LogP) is 4.19. The van der Waals surface area contributed by atoms with Crippen LogP contribution in [-0.4, -0.2) is 6.04 Å². The molecule has 2 nitrogen and oxygen atoms in total. The maximum Gasteiger partial charge on any atom is 0.0453 e. The number of hydrazine groups is 1. The fraction of sp³-hybridized carbons (Fsp3) is 0.600. The molecule has 1 aromatic rings. The van der Waals surface area contributed by atoms with Crippen LogP contribution in [0.5, 0.6) is 0 Å². The summed E-state index contributed by atoms with van der Waals surface area (Å²) in [4.78, 5) is 0. The summed E-state index contributed by atoms with van der Waals surface area (Å²) in [6, 6.07) is 5.86. The van der Waals surface area contributed by atoms with Crippen molar-refractivity contribution < 1.29 is 0 Å². The van der Waals surface area contributed by atoms with E-state index >= 15 is 0 Å². The molecule has 0 saturated heterocycles. The molecule has 2 rings (SSSR count). The number of benzene rings is 1. The van der Waals surface area contributed by atoms with E-state index in [1.54, 1.807) is 0 Å². The molecule has 0 amide bonds. The highest BCUT2D eigenvalue weighted by molar-refractivity contribution is 6.36. The Balaban J connectivity index is 2.20. The van der Waals surface area contributed by atoms with Crippen molar-refractivity contribution in [2.24, 2.45) is 17.2 Å². The maximum absolute atomic E-state index is 6.26. The summed E-state index contributed by atoms with van der Waals surface area (Å²) in [5.41, 5.74) is 4.31. The second kappa shape index (κ2) is 6.01. The molecule has 2 unspecified atom stereocenters. The van der Waals surface area contributed by atoms with Gasteiger partial charge in [0, 0.05) is 16.1 Å². The lowest BCUT2D eigenvalue weighted by molar-refractivity contribution is 0.196. The average molecular weight is 301 g/mol. The van der Waals surface area contributed by atoms with Crippen molar-refractivity contribution in [3.05, 3.63) is 33.8 Å². The standard InChI is InChI=1S/C15H22Cl2N2/c1-15(2)8-4-5-11(15)14(19-18)9-10-12(16)6-3-7-13(10)17/h3,6-7,11,14,19H,4-5,8-9,18H2,1-2H3. The first-order chi connectivity index (χ1) is 8.95. The van der Waals surface area contributed by atoms with Gasteiger partial charge in [0.05, 0.1) is 0 Å². The largest absolute Gasteiger partial charge is 0.271 e. The Kier molecular flexibility index (Phi) is 4.78. The van der Waals surface area contributed by atoms with Crippen LogP contribution in [0.15, 0.2) is 18.2 Å². The third kappa shape index (κ3) is 3.25. The van der Waals surface area contributed by atoms with Crippen LogP contribution >= 0.6 is 23.2 Å². The maximum atomic E-state index is 6.26. The van der Waals surface area contributed by atoms with Gasteiger partial charge in [-0.15, -0.1) is 0 Å². The second-order valence-corrected chi connectivity index (χ2v) is 6.98. The molecule has 2 atom stereocenters. The van der Waals surface area contributed by atoms with Crippen molar-refractivity contribution in [3.8, 4) is 0 Å². The monoisotopic (exact) mass is 300 g/mol. The van der Waals surface area contributed by atoms with Gasteiger partial charge in [0.25, 0.3) is 0 Å². The van der Waals surface area contributed by atoms with Crippen molar-refractivity contribution in [1.82, 2.24) is 5.43 Å². The molecule has 106 valence electrons. The lowest BCUT2D eigenvalue weighted by Crippen LogP contribution is -2.45. The Morgan fingerprint density at radius 2 is 2.00 bits per heavy atom. The lowest BCUT2D eigenvalue weighted by Gasteiger charge is -2.34. The van der Waals surface area contributed by atoms with Crippen molar-refractivity contribution in [1.29, 1.82) is 0 Å². The van der Waals surface area contributed by atoms with E-state index in [9.17, 15) is 0 Å². The third-order valence-corrected chi connectivity index (χ3v) is 5.23. The SMILES string of the molecule is CC1(C)CCCC1C(Cc1c(Cl)cccc1Cl)NN. The Labute approximate surface area is 125 Å². The average Bonchev–Trinajstić information content (AvgIpc) is 2.69. The van der Waals surface area contributed by atoms with Crippen molar-refractivity contribution >= 4 is 23.2 Å². The molecule has 3 N–H and O–H groups in total. The third-order valence-electron chi connectivity index (χ3n) is 4.53. The molecule has 1 saturated carbocycles. The van der Waals surface area contributed by atoms with Crippen molar-refractivity contribution in [2.45, 2.75) is 45.6 Å². The summed E-state index contributed by atoms with van der Waals surface area (Å²) >= 11 is 12.5. The Bertz CT molecular complexity index is 426. The van der Waals surface area contributed by atoms with Gasteiger partial charge in [0.15, 0.2) is 0 Å². The topological polar surface area (TPSA) is 38.0 Å². The van der Waals surface area contributed by atoms with Crippen LogP contribution in [-0.2, 0) is 6.42 Å².